The molecule has 0 amide bonds. The van der Waals surface area contributed by atoms with E-state index in [-0.39, 0.29) is 5.97 Å². The molecule has 0 radical (unpaired) electrons. The van der Waals surface area contributed by atoms with Gasteiger partial charge in [-0.25, -0.2) is 0 Å². The van der Waals surface area contributed by atoms with Gasteiger partial charge in [0.15, 0.2) is 0 Å². The predicted octanol–water partition coefficient (Wildman–Crippen LogP) is 4.02. The highest BCUT2D eigenvalue weighted by atomic mass is 79.9. The van der Waals surface area contributed by atoms with Crippen LogP contribution in [0.4, 0.5) is 0 Å². The van der Waals surface area contributed by atoms with Crippen LogP contribution >= 0.6 is 27.7 Å². The third-order valence-electron chi connectivity index (χ3n) is 2.26. The molecule has 16 heavy (non-hydrogen) atoms. The third kappa shape index (κ3) is 7.55. The number of halogens is 1. The fourth-order valence-electron chi connectivity index (χ4n) is 1.24. The topological polar surface area (TPSA) is 26.3 Å². The summed E-state index contributed by atoms with van der Waals surface area (Å²) in [6, 6.07) is 0. The molecule has 0 saturated carbocycles. The van der Waals surface area contributed by atoms with Crippen molar-refractivity contribution in [3.8, 4) is 0 Å². The van der Waals surface area contributed by atoms with Crippen molar-refractivity contribution in [1.29, 1.82) is 0 Å². The van der Waals surface area contributed by atoms with Crippen molar-refractivity contribution in [1.82, 2.24) is 0 Å². The third-order valence-corrected chi connectivity index (χ3v) is 4.20. The van der Waals surface area contributed by atoms with Gasteiger partial charge in [0.1, 0.15) is 4.75 Å². The lowest BCUT2D eigenvalue weighted by Crippen LogP contribution is -2.30. The molecule has 0 aromatic heterocycles. The maximum atomic E-state index is 11.6. The molecular formula is C12H23BrO2S. The second-order valence-corrected chi connectivity index (χ2v) is 6.69. The molecular weight excluding hydrogens is 288 g/mol. The number of carbonyl (C=O) groups excluding carboxylic acids is 1. The largest absolute Gasteiger partial charge is 0.465 e. The van der Waals surface area contributed by atoms with Gasteiger partial charge in [0.05, 0.1) is 6.61 Å². The molecule has 0 saturated heterocycles. The van der Waals surface area contributed by atoms with Crippen LogP contribution in [-0.2, 0) is 9.53 Å². The Morgan fingerprint density at radius 1 is 1.25 bits per heavy atom. The minimum atomic E-state index is -0.397. The molecule has 0 N–H and O–H groups in total. The number of unbranched alkanes of at least 4 members (excludes halogenated alkanes) is 3. The Hall–Kier alpha value is 0.300. The minimum absolute atomic E-state index is 0.0968. The highest BCUT2D eigenvalue weighted by Crippen LogP contribution is 2.27. The van der Waals surface area contributed by atoms with E-state index in [1.807, 2.05) is 20.8 Å². The van der Waals surface area contributed by atoms with Crippen molar-refractivity contribution >= 4 is 33.7 Å². The summed E-state index contributed by atoms with van der Waals surface area (Å²) in [5, 5.41) is 1.09. The standard InChI is InChI=1S/C12H23BrO2S/c1-4-15-11(14)12(2,3)16-10-8-6-5-7-9-13/h4-10H2,1-3H3. The van der Waals surface area contributed by atoms with Gasteiger partial charge in [-0.3, -0.25) is 4.79 Å². The zero-order chi connectivity index (χ0) is 12.4. The normalized spacial score (nSPS) is 11.5. The van der Waals surface area contributed by atoms with Crippen LogP contribution in [0.5, 0.6) is 0 Å². The number of thioether (sulfide) groups is 1. The van der Waals surface area contributed by atoms with Crippen molar-refractivity contribution in [2.45, 2.75) is 51.2 Å². The first-order valence-electron chi connectivity index (χ1n) is 5.91. The molecule has 0 fully saturated rings. The van der Waals surface area contributed by atoms with E-state index in [1.54, 1.807) is 11.8 Å². The molecule has 0 aromatic carbocycles. The van der Waals surface area contributed by atoms with Crippen molar-refractivity contribution in [2.75, 3.05) is 17.7 Å². The molecule has 4 heteroatoms. The number of alkyl halides is 1. The molecule has 0 aliphatic carbocycles. The summed E-state index contributed by atoms with van der Waals surface area (Å²) >= 11 is 5.12. The Labute approximate surface area is 112 Å². The average Bonchev–Trinajstić information content (AvgIpc) is 2.23. The number of carbonyl (C=O) groups is 1. The second kappa shape index (κ2) is 9.34. The summed E-state index contributed by atoms with van der Waals surface area (Å²) in [6.07, 6.45) is 4.94. The van der Waals surface area contributed by atoms with Crippen LogP contribution in [0.1, 0.15) is 46.5 Å². The molecule has 0 aliphatic rings. The van der Waals surface area contributed by atoms with E-state index in [0.717, 1.165) is 11.1 Å². The van der Waals surface area contributed by atoms with Crippen molar-refractivity contribution in [2.24, 2.45) is 0 Å². The van der Waals surface area contributed by atoms with E-state index < -0.39 is 4.75 Å². The van der Waals surface area contributed by atoms with Gasteiger partial charge in [0, 0.05) is 5.33 Å². The van der Waals surface area contributed by atoms with Gasteiger partial charge in [-0.1, -0.05) is 28.8 Å². The lowest BCUT2D eigenvalue weighted by atomic mass is 10.2. The Bertz CT molecular complexity index is 195. The van der Waals surface area contributed by atoms with E-state index in [0.29, 0.717) is 6.61 Å². The zero-order valence-electron chi connectivity index (χ0n) is 10.6. The SMILES string of the molecule is CCOC(=O)C(C)(C)SCCCCCCBr. The molecule has 0 spiro atoms. The van der Waals surface area contributed by atoms with E-state index >= 15 is 0 Å². The Balaban J connectivity index is 3.61. The summed E-state index contributed by atoms with van der Waals surface area (Å²) in [7, 11) is 0. The summed E-state index contributed by atoms with van der Waals surface area (Å²) in [5.74, 6) is 0.939. The first-order chi connectivity index (χ1) is 7.54. The minimum Gasteiger partial charge on any atom is -0.465 e. The van der Waals surface area contributed by atoms with Crippen LogP contribution < -0.4 is 0 Å². The fraction of sp³-hybridized carbons (Fsp3) is 0.917. The highest BCUT2D eigenvalue weighted by Gasteiger charge is 2.29. The van der Waals surface area contributed by atoms with Crippen molar-refractivity contribution in [3.63, 3.8) is 0 Å². The van der Waals surface area contributed by atoms with Crippen LogP contribution in [0.15, 0.2) is 0 Å². The number of hydrogen-bond acceptors (Lipinski definition) is 3. The number of ether oxygens (including phenoxy) is 1. The molecule has 96 valence electrons. The van der Waals surface area contributed by atoms with Crippen LogP contribution in [0.3, 0.4) is 0 Å². The van der Waals surface area contributed by atoms with E-state index in [9.17, 15) is 4.79 Å². The Kier molecular flexibility index (Phi) is 9.52. The lowest BCUT2D eigenvalue weighted by molar-refractivity contribution is -0.145. The second-order valence-electron chi connectivity index (χ2n) is 4.18. The molecule has 0 rings (SSSR count). The van der Waals surface area contributed by atoms with Crippen LogP contribution in [0.2, 0.25) is 0 Å². The molecule has 2 nitrogen and oxygen atoms in total. The smallest absolute Gasteiger partial charge is 0.321 e. The maximum Gasteiger partial charge on any atom is 0.321 e. The lowest BCUT2D eigenvalue weighted by Gasteiger charge is -2.21. The first kappa shape index (κ1) is 16.3. The van der Waals surface area contributed by atoms with Gasteiger partial charge in [0.25, 0.3) is 0 Å². The zero-order valence-corrected chi connectivity index (χ0v) is 13.0. The summed E-state index contributed by atoms with van der Waals surface area (Å²) in [6.45, 7) is 6.19. The summed E-state index contributed by atoms with van der Waals surface area (Å²) in [4.78, 5) is 11.6. The molecule has 0 heterocycles. The predicted molar refractivity (Wildman–Crippen MR) is 75.4 cm³/mol. The Morgan fingerprint density at radius 2 is 1.88 bits per heavy atom. The number of hydrogen-bond donors (Lipinski definition) is 0. The van der Waals surface area contributed by atoms with Gasteiger partial charge in [-0.2, -0.15) is 0 Å². The Morgan fingerprint density at radius 3 is 2.44 bits per heavy atom. The quantitative estimate of drug-likeness (QED) is 0.365. The van der Waals surface area contributed by atoms with Crippen LogP contribution in [-0.4, -0.2) is 28.4 Å². The molecule has 0 unspecified atom stereocenters. The summed E-state index contributed by atoms with van der Waals surface area (Å²) < 4.78 is 4.64. The van der Waals surface area contributed by atoms with E-state index in [1.165, 1.54) is 25.7 Å². The van der Waals surface area contributed by atoms with Gasteiger partial charge >= 0.3 is 5.97 Å². The maximum absolute atomic E-state index is 11.6. The summed E-state index contributed by atoms with van der Waals surface area (Å²) in [5.41, 5.74) is 0. The first-order valence-corrected chi connectivity index (χ1v) is 8.02. The number of esters is 1. The van der Waals surface area contributed by atoms with Gasteiger partial charge in [-0.05, 0) is 39.4 Å². The monoisotopic (exact) mass is 310 g/mol. The van der Waals surface area contributed by atoms with Crippen molar-refractivity contribution in [3.05, 3.63) is 0 Å². The van der Waals surface area contributed by atoms with E-state index in [4.69, 9.17) is 4.74 Å². The average molecular weight is 311 g/mol. The van der Waals surface area contributed by atoms with Crippen LogP contribution in [0, 0.1) is 0 Å². The van der Waals surface area contributed by atoms with Crippen molar-refractivity contribution < 1.29 is 9.53 Å². The number of rotatable bonds is 9. The van der Waals surface area contributed by atoms with Gasteiger partial charge in [0.2, 0.25) is 0 Å². The highest BCUT2D eigenvalue weighted by molar-refractivity contribution is 9.09. The fourth-order valence-corrected chi connectivity index (χ4v) is 2.67. The van der Waals surface area contributed by atoms with Crippen LogP contribution in [0.25, 0.3) is 0 Å². The molecule has 0 aliphatic heterocycles. The molecule has 0 bridgehead atoms. The molecule has 0 aromatic rings. The van der Waals surface area contributed by atoms with E-state index in [2.05, 4.69) is 15.9 Å². The molecule has 0 atom stereocenters. The van der Waals surface area contributed by atoms with Gasteiger partial charge < -0.3 is 4.74 Å². The van der Waals surface area contributed by atoms with Gasteiger partial charge in [-0.15, -0.1) is 11.8 Å².